The molecule has 0 aliphatic carbocycles. The number of hydrazone groups is 1. The lowest BCUT2D eigenvalue weighted by molar-refractivity contribution is 0.0955. The minimum absolute atomic E-state index is 0.0683. The number of rotatable bonds is 5. The van der Waals surface area contributed by atoms with Crippen molar-refractivity contribution in [1.82, 2.24) is 9.99 Å². The summed E-state index contributed by atoms with van der Waals surface area (Å²) >= 11 is 10.6. The maximum absolute atomic E-state index is 12.2. The van der Waals surface area contributed by atoms with Crippen LogP contribution in [-0.4, -0.2) is 21.8 Å². The highest BCUT2D eigenvalue weighted by atomic mass is 79.9. The van der Waals surface area contributed by atoms with Gasteiger partial charge in [-0.15, -0.1) is 0 Å². The number of phenolic OH excluding ortho intramolecular Hbond substituents is 1. The van der Waals surface area contributed by atoms with Gasteiger partial charge in [0.05, 0.1) is 17.6 Å². The van der Waals surface area contributed by atoms with E-state index in [2.05, 4.69) is 26.5 Å². The second kappa shape index (κ2) is 8.51. The summed E-state index contributed by atoms with van der Waals surface area (Å²) in [7, 11) is 0. The quantitative estimate of drug-likeness (QED) is 0.443. The number of phenols is 1. The van der Waals surface area contributed by atoms with E-state index < -0.39 is 5.91 Å². The third-order valence-corrected chi connectivity index (χ3v) is 5.55. The van der Waals surface area contributed by atoms with Crippen LogP contribution in [0.5, 0.6) is 5.75 Å². The van der Waals surface area contributed by atoms with Crippen LogP contribution >= 0.6 is 38.9 Å². The predicted octanol–water partition coefficient (Wildman–Crippen LogP) is 3.84. The maximum Gasteiger partial charge on any atom is 0.309 e. The fraction of sp³-hybridized carbons (Fsp3) is 0.0556. The molecule has 3 rings (SSSR count). The largest absolute Gasteiger partial charge is 0.508 e. The normalized spacial score (nSPS) is 11.0. The van der Waals surface area contributed by atoms with Crippen LogP contribution in [-0.2, 0) is 6.54 Å². The molecule has 138 valence electrons. The van der Waals surface area contributed by atoms with Crippen LogP contribution in [0, 0.1) is 0 Å². The second-order valence-electron chi connectivity index (χ2n) is 5.48. The van der Waals surface area contributed by atoms with E-state index in [9.17, 15) is 14.7 Å². The molecule has 27 heavy (non-hydrogen) atoms. The Morgan fingerprint density at radius 1 is 1.22 bits per heavy atom. The molecule has 1 aromatic heterocycles. The van der Waals surface area contributed by atoms with Crippen LogP contribution in [0.4, 0.5) is 0 Å². The third kappa shape index (κ3) is 4.85. The highest BCUT2D eigenvalue weighted by molar-refractivity contribution is 9.10. The van der Waals surface area contributed by atoms with E-state index in [-0.39, 0.29) is 15.8 Å². The molecule has 3 aromatic rings. The van der Waals surface area contributed by atoms with E-state index in [1.807, 2.05) is 24.3 Å². The third-order valence-electron chi connectivity index (χ3n) is 3.59. The molecular weight excluding hydrogens is 454 g/mol. The van der Waals surface area contributed by atoms with Gasteiger partial charge >= 0.3 is 4.87 Å². The van der Waals surface area contributed by atoms with Crippen molar-refractivity contribution in [3.05, 3.63) is 83.8 Å². The summed E-state index contributed by atoms with van der Waals surface area (Å²) in [5.74, 6) is -0.372. The second-order valence-corrected chi connectivity index (χ2v) is 7.75. The van der Waals surface area contributed by atoms with Gasteiger partial charge in [-0.05, 0) is 42.0 Å². The zero-order valence-corrected chi connectivity index (χ0v) is 16.9. The minimum Gasteiger partial charge on any atom is -0.508 e. The Kier molecular flexibility index (Phi) is 6.10. The summed E-state index contributed by atoms with van der Waals surface area (Å²) in [5, 5.41) is 13.3. The molecule has 2 N–H and O–H groups in total. The zero-order chi connectivity index (χ0) is 19.4. The number of hydrogen-bond acceptors (Lipinski definition) is 5. The maximum atomic E-state index is 12.2. The molecule has 0 aliphatic rings. The van der Waals surface area contributed by atoms with E-state index in [0.29, 0.717) is 17.0 Å². The van der Waals surface area contributed by atoms with E-state index >= 15 is 0 Å². The van der Waals surface area contributed by atoms with Crippen molar-refractivity contribution in [1.29, 1.82) is 0 Å². The number of nitrogens with zero attached hydrogens (tertiary/aromatic N) is 2. The Morgan fingerprint density at radius 3 is 2.56 bits per heavy atom. The van der Waals surface area contributed by atoms with Crippen molar-refractivity contribution in [3.63, 3.8) is 0 Å². The molecular formula is C18H13BrClN3O3S. The Morgan fingerprint density at radius 2 is 1.89 bits per heavy atom. The number of hydrogen-bond donors (Lipinski definition) is 2. The zero-order valence-electron chi connectivity index (χ0n) is 13.7. The van der Waals surface area contributed by atoms with Crippen LogP contribution in [0.3, 0.4) is 0 Å². The smallest absolute Gasteiger partial charge is 0.309 e. The van der Waals surface area contributed by atoms with Crippen LogP contribution in [0.2, 0.25) is 5.15 Å². The standard InChI is InChI=1S/C18H13BrClN3O3S/c19-13-5-1-11(2-6-13)10-23-16(20)15(27-18(23)26)9-21-22-17(25)12-3-7-14(24)8-4-12/h1-9,24H,10H2,(H,22,25)/b21-9+. The average Bonchev–Trinajstić information content (AvgIpc) is 2.91. The van der Waals surface area contributed by atoms with Crippen molar-refractivity contribution in [3.8, 4) is 5.75 Å². The van der Waals surface area contributed by atoms with Gasteiger partial charge in [-0.25, -0.2) is 5.43 Å². The van der Waals surface area contributed by atoms with Crippen molar-refractivity contribution in [2.75, 3.05) is 0 Å². The fourth-order valence-electron chi connectivity index (χ4n) is 2.22. The lowest BCUT2D eigenvalue weighted by Crippen LogP contribution is -2.17. The molecule has 0 unspecified atom stereocenters. The van der Waals surface area contributed by atoms with Crippen molar-refractivity contribution in [2.45, 2.75) is 6.54 Å². The van der Waals surface area contributed by atoms with Crippen molar-refractivity contribution in [2.24, 2.45) is 5.10 Å². The number of carbonyl (C=O) groups is 1. The number of nitrogens with one attached hydrogen (secondary N) is 1. The lowest BCUT2D eigenvalue weighted by atomic mass is 10.2. The molecule has 0 fully saturated rings. The van der Waals surface area contributed by atoms with Gasteiger partial charge in [-0.2, -0.15) is 5.10 Å². The monoisotopic (exact) mass is 465 g/mol. The minimum atomic E-state index is -0.441. The van der Waals surface area contributed by atoms with E-state index in [0.717, 1.165) is 21.4 Å². The molecule has 0 radical (unpaired) electrons. The van der Waals surface area contributed by atoms with Crippen LogP contribution < -0.4 is 10.3 Å². The molecule has 2 aromatic carbocycles. The summed E-state index contributed by atoms with van der Waals surface area (Å²) in [5.41, 5.74) is 3.64. The van der Waals surface area contributed by atoms with E-state index in [4.69, 9.17) is 11.6 Å². The molecule has 0 atom stereocenters. The number of thiazole rings is 1. The Hall–Kier alpha value is -2.42. The SMILES string of the molecule is O=C(N/N=C/c1sc(=O)n(Cc2ccc(Br)cc2)c1Cl)c1ccc(O)cc1. The highest BCUT2D eigenvalue weighted by Gasteiger charge is 2.12. The number of aromatic nitrogens is 1. The summed E-state index contributed by atoms with van der Waals surface area (Å²) in [4.78, 5) is 24.4. The van der Waals surface area contributed by atoms with E-state index in [1.165, 1.54) is 35.0 Å². The number of amides is 1. The number of carbonyl (C=O) groups excluding carboxylic acids is 1. The molecule has 1 heterocycles. The van der Waals surface area contributed by atoms with Gasteiger partial charge in [0.2, 0.25) is 0 Å². The number of aromatic hydroxyl groups is 1. The molecule has 0 spiro atoms. The molecule has 0 aliphatic heterocycles. The lowest BCUT2D eigenvalue weighted by Gasteiger charge is -2.04. The summed E-state index contributed by atoms with van der Waals surface area (Å²) in [6, 6.07) is 13.3. The average molecular weight is 467 g/mol. The van der Waals surface area contributed by atoms with Crippen molar-refractivity contribution >= 4 is 51.0 Å². The number of benzene rings is 2. The Bertz CT molecular complexity index is 1040. The van der Waals surface area contributed by atoms with Crippen LogP contribution in [0.15, 0.2) is 62.9 Å². The van der Waals surface area contributed by atoms with Crippen molar-refractivity contribution < 1.29 is 9.90 Å². The van der Waals surface area contributed by atoms with Gasteiger partial charge < -0.3 is 5.11 Å². The van der Waals surface area contributed by atoms with Gasteiger partial charge in [-0.1, -0.05) is 51.0 Å². The van der Waals surface area contributed by atoms with Gasteiger partial charge in [0.25, 0.3) is 5.91 Å². The summed E-state index contributed by atoms with van der Waals surface area (Å²) in [6.07, 6.45) is 1.34. The first-order valence-electron chi connectivity index (χ1n) is 7.70. The van der Waals surface area contributed by atoms with Crippen LogP contribution in [0.1, 0.15) is 20.8 Å². The van der Waals surface area contributed by atoms with E-state index in [1.54, 1.807) is 0 Å². The van der Waals surface area contributed by atoms with Crippen LogP contribution in [0.25, 0.3) is 0 Å². The Balaban J connectivity index is 1.71. The molecule has 0 bridgehead atoms. The fourth-order valence-corrected chi connectivity index (χ4v) is 3.59. The van der Waals surface area contributed by atoms with Gasteiger partial charge in [-0.3, -0.25) is 14.2 Å². The molecule has 9 heteroatoms. The molecule has 1 amide bonds. The topological polar surface area (TPSA) is 83.7 Å². The first kappa shape index (κ1) is 19.3. The van der Waals surface area contributed by atoms with Gasteiger partial charge in [0.1, 0.15) is 10.9 Å². The first-order chi connectivity index (χ1) is 12.9. The molecule has 6 nitrogen and oxygen atoms in total. The van der Waals surface area contributed by atoms with Gasteiger partial charge in [0, 0.05) is 10.0 Å². The Labute approximate surface area is 171 Å². The summed E-state index contributed by atoms with van der Waals surface area (Å²) in [6.45, 7) is 0.342. The summed E-state index contributed by atoms with van der Waals surface area (Å²) < 4.78 is 2.39. The highest BCUT2D eigenvalue weighted by Crippen LogP contribution is 2.19. The molecule has 0 saturated heterocycles. The predicted molar refractivity (Wildman–Crippen MR) is 110 cm³/mol. The number of halogens is 2. The first-order valence-corrected chi connectivity index (χ1v) is 9.69. The molecule has 0 saturated carbocycles. The van der Waals surface area contributed by atoms with Gasteiger partial charge in [0.15, 0.2) is 0 Å².